The summed E-state index contributed by atoms with van der Waals surface area (Å²) < 4.78 is 57.9. The van der Waals surface area contributed by atoms with E-state index in [0.29, 0.717) is 28.1 Å². The maximum atomic E-state index is 13.6. The van der Waals surface area contributed by atoms with E-state index in [9.17, 15) is 18.7 Å². The molecule has 0 saturated carbocycles. The van der Waals surface area contributed by atoms with E-state index in [1.165, 1.54) is 18.2 Å². The molecule has 0 saturated heterocycles. The Bertz CT molecular complexity index is 1680. The van der Waals surface area contributed by atoms with Crippen LogP contribution in [-0.2, 0) is 5.60 Å². The predicted molar refractivity (Wildman–Crippen MR) is 131 cm³/mol. The van der Waals surface area contributed by atoms with E-state index < -0.39 is 37.2 Å². The average molecular weight is 509 g/mol. The first-order valence-corrected chi connectivity index (χ1v) is 11.8. The van der Waals surface area contributed by atoms with E-state index in [0.717, 1.165) is 10.5 Å². The molecule has 0 aliphatic carbocycles. The Morgan fingerprint density at radius 3 is 2.70 bits per heavy atom. The number of nitrogens with zero attached hydrogens (tertiary/aromatic N) is 5. The third kappa shape index (κ3) is 3.58. The van der Waals surface area contributed by atoms with Crippen molar-refractivity contribution >= 4 is 16.9 Å². The second-order valence-corrected chi connectivity index (χ2v) is 9.83. The fourth-order valence-corrected chi connectivity index (χ4v) is 5.32. The van der Waals surface area contributed by atoms with Gasteiger partial charge in [-0.2, -0.15) is 8.78 Å². The summed E-state index contributed by atoms with van der Waals surface area (Å²) >= 11 is 0. The quantitative estimate of drug-likeness (QED) is 0.428. The zero-order chi connectivity index (χ0) is 28.7. The Labute approximate surface area is 215 Å². The standard InChI is InChI=1S/C27H25F2N5O3/c1-13-16(12-30-25(31-13)27(2,3)36)14-8-9-17-18(10-14)34-19-11-20(23(34)32-17)33(4)24(35)15-6-5-7-21(22(15)19)37-26(28)29/h5-10,12,19-20,26,36H,11H2,1-4H3/i4D3. The van der Waals surface area contributed by atoms with Crippen molar-refractivity contribution in [3.8, 4) is 16.9 Å². The van der Waals surface area contributed by atoms with Crippen molar-refractivity contribution < 1.29 is 27.5 Å². The van der Waals surface area contributed by atoms with Crippen LogP contribution in [0.3, 0.4) is 0 Å². The monoisotopic (exact) mass is 508 g/mol. The van der Waals surface area contributed by atoms with Crippen LogP contribution in [0, 0.1) is 6.92 Å². The summed E-state index contributed by atoms with van der Waals surface area (Å²) in [4.78, 5) is 27.9. The Kier molecular flexibility index (Phi) is 4.38. The Morgan fingerprint density at radius 2 is 2.00 bits per heavy atom. The van der Waals surface area contributed by atoms with Gasteiger partial charge in [-0.15, -0.1) is 0 Å². The van der Waals surface area contributed by atoms with Gasteiger partial charge in [-0.1, -0.05) is 12.1 Å². The molecule has 6 rings (SSSR count). The molecule has 190 valence electrons. The van der Waals surface area contributed by atoms with Gasteiger partial charge in [0, 0.05) is 46.1 Å². The number of carbonyl (C=O) groups is 1. The lowest BCUT2D eigenvalue weighted by Gasteiger charge is -2.24. The SMILES string of the molecule is [2H]C([2H])([2H])N1C(=O)c2cccc(OC(F)F)c2C2CC1c1nc3ccc(-c4cnc(C(C)(C)O)nc4C)cc3n12. The minimum Gasteiger partial charge on any atom is -0.434 e. The molecule has 0 fully saturated rings. The van der Waals surface area contributed by atoms with Crippen LogP contribution < -0.4 is 4.74 Å². The number of ether oxygens (including phenoxy) is 1. The maximum absolute atomic E-state index is 13.6. The number of imidazole rings is 1. The number of hydrogen-bond acceptors (Lipinski definition) is 6. The Hall–Kier alpha value is -3.92. The third-order valence-corrected chi connectivity index (χ3v) is 6.99. The van der Waals surface area contributed by atoms with E-state index >= 15 is 0 Å². The van der Waals surface area contributed by atoms with E-state index in [2.05, 4.69) is 9.97 Å². The summed E-state index contributed by atoms with van der Waals surface area (Å²) in [7, 11) is 0. The van der Waals surface area contributed by atoms with Gasteiger partial charge < -0.3 is 19.3 Å². The van der Waals surface area contributed by atoms with Gasteiger partial charge in [-0.05, 0) is 50.6 Å². The highest BCUT2D eigenvalue weighted by atomic mass is 19.3. The lowest BCUT2D eigenvalue weighted by atomic mass is 9.97. The molecule has 4 aromatic rings. The number of aryl methyl sites for hydroxylation is 1. The van der Waals surface area contributed by atoms with Crippen molar-refractivity contribution in [2.24, 2.45) is 0 Å². The fraction of sp³-hybridized carbons (Fsp3) is 0.333. The molecule has 37 heavy (non-hydrogen) atoms. The van der Waals surface area contributed by atoms with Crippen molar-refractivity contribution in [3.05, 3.63) is 71.1 Å². The molecule has 1 N–H and O–H groups in total. The van der Waals surface area contributed by atoms with E-state index in [1.54, 1.807) is 33.0 Å². The van der Waals surface area contributed by atoms with Gasteiger partial charge in [0.1, 0.15) is 17.2 Å². The molecule has 10 heteroatoms. The highest BCUT2D eigenvalue weighted by Gasteiger charge is 2.45. The van der Waals surface area contributed by atoms with Crippen LogP contribution in [0.4, 0.5) is 8.78 Å². The molecule has 1 amide bonds. The van der Waals surface area contributed by atoms with Crippen molar-refractivity contribution in [3.63, 3.8) is 0 Å². The number of carbonyl (C=O) groups excluding carboxylic acids is 1. The van der Waals surface area contributed by atoms with E-state index in [1.807, 2.05) is 16.7 Å². The van der Waals surface area contributed by atoms with Crippen LogP contribution in [0.15, 0.2) is 42.6 Å². The molecule has 2 aromatic heterocycles. The third-order valence-electron chi connectivity index (χ3n) is 6.99. The van der Waals surface area contributed by atoms with Gasteiger partial charge in [0.2, 0.25) is 0 Å². The van der Waals surface area contributed by atoms with Crippen LogP contribution in [0.2, 0.25) is 0 Å². The summed E-state index contributed by atoms with van der Waals surface area (Å²) in [5.41, 5.74) is 2.25. The van der Waals surface area contributed by atoms with Crippen molar-refractivity contribution in [1.29, 1.82) is 0 Å². The molecule has 8 nitrogen and oxygen atoms in total. The first kappa shape index (κ1) is 20.2. The van der Waals surface area contributed by atoms with Crippen LogP contribution in [0.5, 0.6) is 5.75 Å². The molecule has 4 heterocycles. The Morgan fingerprint density at radius 1 is 1.19 bits per heavy atom. The topological polar surface area (TPSA) is 93.4 Å². The van der Waals surface area contributed by atoms with Gasteiger partial charge in [0.05, 0.1) is 23.1 Å². The molecule has 0 radical (unpaired) electrons. The lowest BCUT2D eigenvalue weighted by molar-refractivity contribution is -0.0507. The van der Waals surface area contributed by atoms with Crippen molar-refractivity contribution in [2.45, 2.75) is 51.5 Å². The summed E-state index contributed by atoms with van der Waals surface area (Å²) in [5, 5.41) is 10.3. The van der Waals surface area contributed by atoms with Gasteiger partial charge in [0.15, 0.2) is 5.82 Å². The lowest BCUT2D eigenvalue weighted by Crippen LogP contribution is -2.30. The molecule has 2 unspecified atom stereocenters. The van der Waals surface area contributed by atoms with Crippen LogP contribution >= 0.6 is 0 Å². The Balaban J connectivity index is 1.58. The molecule has 2 atom stereocenters. The van der Waals surface area contributed by atoms with Crippen LogP contribution in [0.25, 0.3) is 22.2 Å². The van der Waals surface area contributed by atoms with Gasteiger partial charge in [-0.25, -0.2) is 15.0 Å². The number of aliphatic hydroxyl groups is 1. The first-order chi connectivity index (χ1) is 18.8. The van der Waals surface area contributed by atoms with Gasteiger partial charge >= 0.3 is 6.61 Å². The molecular weight excluding hydrogens is 480 g/mol. The number of aromatic nitrogens is 4. The number of alkyl halides is 2. The summed E-state index contributed by atoms with van der Waals surface area (Å²) in [6, 6.07) is 8.05. The van der Waals surface area contributed by atoms with E-state index in [-0.39, 0.29) is 29.1 Å². The van der Waals surface area contributed by atoms with Crippen LogP contribution in [0.1, 0.15) is 69.7 Å². The van der Waals surface area contributed by atoms with Gasteiger partial charge in [-0.3, -0.25) is 4.79 Å². The zero-order valence-corrected chi connectivity index (χ0v) is 20.2. The summed E-state index contributed by atoms with van der Waals surface area (Å²) in [6.07, 6.45) is 1.76. The number of hydrogen-bond donors (Lipinski definition) is 1. The fourth-order valence-electron chi connectivity index (χ4n) is 5.32. The zero-order valence-electron chi connectivity index (χ0n) is 23.2. The minimum atomic E-state index is -3.14. The number of benzene rings is 2. The molecule has 2 aliphatic rings. The average Bonchev–Trinajstić information content (AvgIpc) is 3.35. The number of rotatable bonds is 4. The highest BCUT2D eigenvalue weighted by Crippen LogP contribution is 2.50. The van der Waals surface area contributed by atoms with Crippen molar-refractivity contribution in [1.82, 2.24) is 24.4 Å². The van der Waals surface area contributed by atoms with Crippen molar-refractivity contribution in [2.75, 3.05) is 6.98 Å². The largest absolute Gasteiger partial charge is 0.434 e. The van der Waals surface area contributed by atoms with E-state index in [4.69, 9.17) is 13.8 Å². The normalized spacial score (nSPS) is 20.4. The maximum Gasteiger partial charge on any atom is 0.387 e. The molecule has 2 aromatic carbocycles. The summed E-state index contributed by atoms with van der Waals surface area (Å²) in [6.45, 7) is -0.941. The number of halogens is 2. The number of amides is 1. The minimum absolute atomic E-state index is 0.00289. The summed E-state index contributed by atoms with van der Waals surface area (Å²) in [5.74, 6) is -0.345. The molecule has 2 aliphatic heterocycles. The predicted octanol–water partition coefficient (Wildman–Crippen LogP) is 4.75. The van der Waals surface area contributed by atoms with Gasteiger partial charge in [0.25, 0.3) is 5.91 Å². The second-order valence-electron chi connectivity index (χ2n) is 9.83. The second kappa shape index (κ2) is 8.04. The number of fused-ring (bicyclic) bond motifs is 9. The molecular formula is C27H25F2N5O3. The van der Waals surface area contributed by atoms with Crippen LogP contribution in [-0.4, -0.2) is 49.0 Å². The smallest absolute Gasteiger partial charge is 0.387 e. The highest BCUT2D eigenvalue weighted by molar-refractivity contribution is 5.98. The first-order valence-electron chi connectivity index (χ1n) is 13.3. The molecule has 2 bridgehead atoms. The molecule has 0 spiro atoms.